The summed E-state index contributed by atoms with van der Waals surface area (Å²) >= 11 is 1.65. The Morgan fingerprint density at radius 2 is 1.93 bits per heavy atom. The zero-order valence-corrected chi connectivity index (χ0v) is 17.1. The Morgan fingerprint density at radius 1 is 1.17 bits per heavy atom. The van der Waals surface area contributed by atoms with Crippen LogP contribution in [-0.2, 0) is 9.53 Å². The third-order valence-electron chi connectivity index (χ3n) is 4.92. The lowest BCUT2D eigenvalue weighted by atomic mass is 10.00. The normalized spacial score (nSPS) is 13.9. The van der Waals surface area contributed by atoms with E-state index >= 15 is 0 Å². The van der Waals surface area contributed by atoms with Gasteiger partial charge in [-0.1, -0.05) is 36.8 Å². The Morgan fingerprint density at radius 3 is 2.66 bits per heavy atom. The Hall–Kier alpha value is -2.93. The molecule has 0 atom stereocenters. The molecule has 0 saturated carbocycles. The molecule has 1 fully saturated rings. The van der Waals surface area contributed by atoms with Gasteiger partial charge in [0.1, 0.15) is 0 Å². The van der Waals surface area contributed by atoms with Gasteiger partial charge in [-0.15, -0.1) is 0 Å². The van der Waals surface area contributed by atoms with E-state index in [1.807, 2.05) is 25.1 Å². The quantitative estimate of drug-likeness (QED) is 0.465. The zero-order valence-electron chi connectivity index (χ0n) is 16.3. The topological polar surface area (TPSA) is 71.5 Å². The molecule has 6 nitrogen and oxygen atoms in total. The third-order valence-corrected chi connectivity index (χ3v) is 6.02. The number of esters is 1. The summed E-state index contributed by atoms with van der Waals surface area (Å²) in [6, 6.07) is 14.9. The second kappa shape index (κ2) is 8.61. The Kier molecular flexibility index (Phi) is 5.76. The maximum atomic E-state index is 12.5. The van der Waals surface area contributed by atoms with Gasteiger partial charge < -0.3 is 15.0 Å². The van der Waals surface area contributed by atoms with E-state index in [-0.39, 0.29) is 17.8 Å². The lowest BCUT2D eigenvalue weighted by Crippen LogP contribution is -2.52. The van der Waals surface area contributed by atoms with E-state index in [4.69, 9.17) is 4.74 Å². The Labute approximate surface area is 173 Å². The first-order valence-electron chi connectivity index (χ1n) is 9.82. The number of unbranched alkanes of at least 4 members (excludes halogenated alkanes) is 1. The van der Waals surface area contributed by atoms with Gasteiger partial charge >= 0.3 is 5.97 Å². The zero-order chi connectivity index (χ0) is 20.2. The van der Waals surface area contributed by atoms with Crippen LogP contribution < -0.4 is 10.2 Å². The summed E-state index contributed by atoms with van der Waals surface area (Å²) in [7, 11) is 0. The van der Waals surface area contributed by atoms with Crippen molar-refractivity contribution in [2.45, 2.75) is 19.8 Å². The molecule has 1 aliphatic heterocycles. The lowest BCUT2D eigenvalue weighted by Gasteiger charge is -2.37. The maximum Gasteiger partial charge on any atom is 0.338 e. The number of hydrogen-bond acceptors (Lipinski definition) is 6. The summed E-state index contributed by atoms with van der Waals surface area (Å²) in [5.74, 6) is -0.414. The van der Waals surface area contributed by atoms with Crippen LogP contribution >= 0.6 is 11.3 Å². The molecule has 2 heterocycles. The predicted octanol–water partition coefficient (Wildman–Crippen LogP) is 4.33. The fourth-order valence-electron chi connectivity index (χ4n) is 3.12. The molecular formula is C22H23N3O3S. The highest BCUT2D eigenvalue weighted by Crippen LogP contribution is 2.33. The van der Waals surface area contributed by atoms with Crippen molar-refractivity contribution < 1.29 is 14.3 Å². The largest absolute Gasteiger partial charge is 0.462 e. The first-order valence-corrected chi connectivity index (χ1v) is 10.6. The van der Waals surface area contributed by atoms with E-state index in [0.717, 1.165) is 28.2 Å². The van der Waals surface area contributed by atoms with Crippen LogP contribution in [-0.4, -0.2) is 36.6 Å². The highest BCUT2D eigenvalue weighted by Gasteiger charge is 2.34. The molecule has 1 saturated heterocycles. The number of hydrogen-bond donors (Lipinski definition) is 1. The molecule has 29 heavy (non-hydrogen) atoms. The van der Waals surface area contributed by atoms with Crippen molar-refractivity contribution in [3.63, 3.8) is 0 Å². The SMILES string of the molecule is CCCCOC(=O)c1ccc(NC(=O)C2CN(c3nc4ccccc4s3)C2)cc1. The monoisotopic (exact) mass is 409 g/mol. The minimum atomic E-state index is -0.332. The number of para-hydroxylation sites is 1. The average Bonchev–Trinajstić information content (AvgIpc) is 3.11. The van der Waals surface area contributed by atoms with Gasteiger partial charge in [0, 0.05) is 18.8 Å². The number of rotatable bonds is 7. The lowest BCUT2D eigenvalue weighted by molar-refractivity contribution is -0.120. The number of anilines is 2. The first-order chi connectivity index (χ1) is 14.1. The summed E-state index contributed by atoms with van der Waals surface area (Å²) in [6.45, 7) is 3.80. The number of nitrogens with zero attached hydrogens (tertiary/aromatic N) is 2. The number of amides is 1. The van der Waals surface area contributed by atoms with Crippen LogP contribution in [0, 0.1) is 5.92 Å². The molecular weight excluding hydrogens is 386 g/mol. The predicted molar refractivity (Wildman–Crippen MR) is 116 cm³/mol. The van der Waals surface area contributed by atoms with Crippen molar-refractivity contribution in [3.8, 4) is 0 Å². The van der Waals surface area contributed by atoms with Crippen LogP contribution in [0.15, 0.2) is 48.5 Å². The molecule has 3 aromatic rings. The number of fused-ring (bicyclic) bond motifs is 1. The van der Waals surface area contributed by atoms with Crippen LogP contribution in [0.2, 0.25) is 0 Å². The molecule has 0 radical (unpaired) electrons. The van der Waals surface area contributed by atoms with Gasteiger partial charge in [0.05, 0.1) is 28.3 Å². The van der Waals surface area contributed by atoms with E-state index in [1.54, 1.807) is 35.6 Å². The molecule has 0 aliphatic carbocycles. The van der Waals surface area contributed by atoms with E-state index < -0.39 is 0 Å². The van der Waals surface area contributed by atoms with Crippen LogP contribution in [0.5, 0.6) is 0 Å². The summed E-state index contributed by atoms with van der Waals surface area (Å²) in [6.07, 6.45) is 1.84. The van der Waals surface area contributed by atoms with Crippen LogP contribution in [0.3, 0.4) is 0 Å². The Bertz CT molecular complexity index is 977. The molecule has 0 unspecified atom stereocenters. The number of aromatic nitrogens is 1. The van der Waals surface area contributed by atoms with Crippen LogP contribution in [0.1, 0.15) is 30.1 Å². The molecule has 1 amide bonds. The number of ether oxygens (including phenoxy) is 1. The Balaban J connectivity index is 1.28. The smallest absolute Gasteiger partial charge is 0.338 e. The number of carbonyl (C=O) groups is 2. The highest BCUT2D eigenvalue weighted by molar-refractivity contribution is 7.22. The summed E-state index contributed by atoms with van der Waals surface area (Å²) < 4.78 is 6.35. The van der Waals surface area contributed by atoms with Gasteiger partial charge in [-0.25, -0.2) is 9.78 Å². The van der Waals surface area contributed by atoms with Crippen LogP contribution in [0.4, 0.5) is 10.8 Å². The average molecular weight is 410 g/mol. The van der Waals surface area contributed by atoms with Gasteiger partial charge in [-0.2, -0.15) is 0 Å². The van der Waals surface area contributed by atoms with Gasteiger partial charge in [-0.3, -0.25) is 4.79 Å². The van der Waals surface area contributed by atoms with Gasteiger partial charge in [0.2, 0.25) is 5.91 Å². The van der Waals surface area contributed by atoms with E-state index in [1.165, 1.54) is 0 Å². The first kappa shape index (κ1) is 19.4. The molecule has 1 N–H and O–H groups in total. The molecule has 0 spiro atoms. The summed E-state index contributed by atoms with van der Waals surface area (Å²) in [4.78, 5) is 31.2. The number of nitrogens with one attached hydrogen (secondary N) is 1. The fourth-order valence-corrected chi connectivity index (χ4v) is 4.11. The molecule has 1 aliphatic rings. The van der Waals surface area contributed by atoms with Crippen molar-refractivity contribution in [2.75, 3.05) is 29.9 Å². The van der Waals surface area contributed by atoms with Crippen molar-refractivity contribution >= 4 is 44.2 Å². The number of benzene rings is 2. The fraction of sp³-hybridized carbons (Fsp3) is 0.318. The molecule has 150 valence electrons. The molecule has 7 heteroatoms. The summed E-state index contributed by atoms with van der Waals surface area (Å²) in [5.41, 5.74) is 2.16. The molecule has 0 bridgehead atoms. The minimum Gasteiger partial charge on any atom is -0.462 e. The number of carbonyl (C=O) groups excluding carboxylic acids is 2. The van der Waals surface area contributed by atoms with Crippen molar-refractivity contribution in [3.05, 3.63) is 54.1 Å². The van der Waals surface area contributed by atoms with Gasteiger partial charge in [0.15, 0.2) is 5.13 Å². The second-order valence-electron chi connectivity index (χ2n) is 7.12. The van der Waals surface area contributed by atoms with E-state index in [2.05, 4.69) is 21.3 Å². The molecule has 2 aromatic carbocycles. The molecule has 1 aromatic heterocycles. The molecule has 4 rings (SSSR count). The minimum absolute atomic E-state index is 0.0133. The third kappa shape index (κ3) is 4.40. The number of thiazole rings is 1. The second-order valence-corrected chi connectivity index (χ2v) is 8.13. The van der Waals surface area contributed by atoms with Crippen molar-refractivity contribution in [2.24, 2.45) is 5.92 Å². The van der Waals surface area contributed by atoms with Crippen molar-refractivity contribution in [1.29, 1.82) is 0 Å². The van der Waals surface area contributed by atoms with E-state index in [0.29, 0.717) is 30.9 Å². The van der Waals surface area contributed by atoms with E-state index in [9.17, 15) is 9.59 Å². The highest BCUT2D eigenvalue weighted by atomic mass is 32.1. The standard InChI is InChI=1S/C22H23N3O3S/c1-2-3-12-28-21(27)15-8-10-17(11-9-15)23-20(26)16-13-25(14-16)22-24-18-6-4-5-7-19(18)29-22/h4-11,16H,2-3,12-14H2,1H3,(H,23,26). The van der Waals surface area contributed by atoms with Crippen LogP contribution in [0.25, 0.3) is 10.2 Å². The van der Waals surface area contributed by atoms with Gasteiger partial charge in [0.25, 0.3) is 0 Å². The maximum absolute atomic E-state index is 12.5. The summed E-state index contributed by atoms with van der Waals surface area (Å²) in [5, 5.41) is 3.89. The van der Waals surface area contributed by atoms with Gasteiger partial charge in [-0.05, 0) is 42.8 Å². The van der Waals surface area contributed by atoms with Crippen molar-refractivity contribution in [1.82, 2.24) is 4.98 Å².